The van der Waals surface area contributed by atoms with Crippen molar-refractivity contribution < 1.29 is 13.2 Å². The molecule has 0 aliphatic carbocycles. The Labute approximate surface area is 159 Å². The van der Waals surface area contributed by atoms with Gasteiger partial charge in [-0.15, -0.1) is 0 Å². The van der Waals surface area contributed by atoms with Crippen molar-refractivity contribution in [3.63, 3.8) is 0 Å². The maximum Gasteiger partial charge on any atom is 0.431 e. The van der Waals surface area contributed by atoms with Gasteiger partial charge in [0, 0.05) is 48.1 Å². The van der Waals surface area contributed by atoms with E-state index < -0.39 is 23.1 Å². The summed E-state index contributed by atoms with van der Waals surface area (Å²) in [6, 6.07) is 4.71. The molecule has 0 aliphatic heterocycles. The van der Waals surface area contributed by atoms with Crippen LogP contribution in [0.5, 0.6) is 0 Å². The standard InChI is InChI=1S/C13H8ClF3N4O2.Na/c1-20-8-4-6(2-3-7(8)11(14)19-20)21-10(22)5-9(13(15,16)17)18-12(21)23;/h2-5H,1H3,(H,18,23);. The van der Waals surface area contributed by atoms with Gasteiger partial charge in [-0.1, -0.05) is 11.6 Å². The van der Waals surface area contributed by atoms with E-state index in [-0.39, 0.29) is 40.4 Å². The third-order valence-corrected chi connectivity index (χ3v) is 3.57. The molecule has 0 saturated heterocycles. The smallest absolute Gasteiger partial charge is 0.303 e. The Hall–Kier alpha value is -1.55. The first-order chi connectivity index (χ1) is 10.7. The quantitative estimate of drug-likeness (QED) is 0.665. The topological polar surface area (TPSA) is 72.7 Å². The van der Waals surface area contributed by atoms with E-state index in [1.807, 2.05) is 0 Å². The van der Waals surface area contributed by atoms with Crippen molar-refractivity contribution in [2.45, 2.75) is 6.18 Å². The molecule has 2 aromatic heterocycles. The molecule has 24 heavy (non-hydrogen) atoms. The minimum absolute atomic E-state index is 0. The number of hydrogen-bond donors (Lipinski definition) is 1. The van der Waals surface area contributed by atoms with Gasteiger partial charge in [0.15, 0.2) is 5.15 Å². The van der Waals surface area contributed by atoms with Crippen LogP contribution >= 0.6 is 11.6 Å². The second-order valence-electron chi connectivity index (χ2n) is 4.78. The summed E-state index contributed by atoms with van der Waals surface area (Å²) in [6.45, 7) is 0. The van der Waals surface area contributed by atoms with Crippen LogP contribution in [0, 0.1) is 0 Å². The Kier molecular flexibility index (Phi) is 5.01. The van der Waals surface area contributed by atoms with Crippen LogP contribution in [0.3, 0.4) is 0 Å². The third kappa shape index (κ3) is 3.16. The van der Waals surface area contributed by atoms with Crippen LogP contribution in [0.25, 0.3) is 16.6 Å². The van der Waals surface area contributed by atoms with Crippen LogP contribution in [0.15, 0.2) is 33.9 Å². The molecule has 1 radical (unpaired) electrons. The summed E-state index contributed by atoms with van der Waals surface area (Å²) in [5.74, 6) is 0. The van der Waals surface area contributed by atoms with E-state index >= 15 is 0 Å². The van der Waals surface area contributed by atoms with E-state index in [1.54, 1.807) is 12.0 Å². The Morgan fingerprint density at radius 2 is 1.88 bits per heavy atom. The van der Waals surface area contributed by atoms with Crippen molar-refractivity contribution in [2.75, 3.05) is 0 Å². The third-order valence-electron chi connectivity index (χ3n) is 3.29. The van der Waals surface area contributed by atoms with E-state index in [2.05, 4.69) is 5.10 Å². The van der Waals surface area contributed by atoms with Crippen LogP contribution in [0.1, 0.15) is 5.69 Å². The number of aromatic amines is 1. The molecule has 0 unspecified atom stereocenters. The van der Waals surface area contributed by atoms with E-state index in [0.29, 0.717) is 21.5 Å². The Morgan fingerprint density at radius 3 is 2.46 bits per heavy atom. The summed E-state index contributed by atoms with van der Waals surface area (Å²) in [6.07, 6.45) is -4.81. The molecule has 0 saturated carbocycles. The fourth-order valence-electron chi connectivity index (χ4n) is 2.23. The van der Waals surface area contributed by atoms with Crippen molar-refractivity contribution in [1.29, 1.82) is 0 Å². The number of alkyl halides is 3. The van der Waals surface area contributed by atoms with Crippen LogP contribution in [0.2, 0.25) is 5.15 Å². The molecule has 0 bridgehead atoms. The average Bonchev–Trinajstić information content (AvgIpc) is 2.72. The first kappa shape index (κ1) is 18.8. The summed E-state index contributed by atoms with van der Waals surface area (Å²) in [7, 11) is 1.61. The summed E-state index contributed by atoms with van der Waals surface area (Å²) in [5.41, 5.74) is -3.03. The zero-order valence-electron chi connectivity index (χ0n) is 12.5. The number of nitrogens with zero attached hydrogens (tertiary/aromatic N) is 3. The maximum absolute atomic E-state index is 12.6. The zero-order chi connectivity index (χ0) is 16.9. The maximum atomic E-state index is 12.6. The van der Waals surface area contributed by atoms with Gasteiger partial charge in [0.25, 0.3) is 5.56 Å². The second kappa shape index (κ2) is 6.40. The van der Waals surface area contributed by atoms with Crippen LogP contribution in [-0.4, -0.2) is 48.9 Å². The fourth-order valence-corrected chi connectivity index (χ4v) is 2.51. The monoisotopic (exact) mass is 367 g/mol. The first-order valence-corrected chi connectivity index (χ1v) is 6.62. The molecule has 0 aliphatic rings. The van der Waals surface area contributed by atoms with Gasteiger partial charge in [-0.25, -0.2) is 9.36 Å². The molecular formula is C13H8ClF3N4NaO2. The van der Waals surface area contributed by atoms with Crippen LogP contribution in [0.4, 0.5) is 13.2 Å². The molecule has 1 aromatic carbocycles. The summed E-state index contributed by atoms with van der Waals surface area (Å²) in [4.78, 5) is 25.5. The van der Waals surface area contributed by atoms with Crippen molar-refractivity contribution in [3.05, 3.63) is 56.0 Å². The number of halogens is 4. The first-order valence-electron chi connectivity index (χ1n) is 6.24. The fraction of sp³-hybridized carbons (Fsp3) is 0.154. The van der Waals surface area contributed by atoms with Crippen LogP contribution in [-0.2, 0) is 13.2 Å². The molecule has 0 spiro atoms. The number of aryl methyl sites for hydroxylation is 1. The number of aromatic nitrogens is 4. The molecule has 121 valence electrons. The van der Waals surface area contributed by atoms with Gasteiger partial charge < -0.3 is 4.98 Å². The predicted octanol–water partition coefficient (Wildman–Crippen LogP) is 1.70. The van der Waals surface area contributed by atoms with E-state index in [4.69, 9.17) is 11.6 Å². The number of hydrogen-bond acceptors (Lipinski definition) is 3. The van der Waals surface area contributed by atoms with Crippen molar-refractivity contribution >= 4 is 52.1 Å². The molecule has 0 fully saturated rings. The predicted molar refractivity (Wildman–Crippen MR) is 82.7 cm³/mol. The number of fused-ring (bicyclic) bond motifs is 1. The van der Waals surface area contributed by atoms with E-state index in [1.165, 1.54) is 22.9 Å². The van der Waals surface area contributed by atoms with Gasteiger partial charge in [-0.2, -0.15) is 18.3 Å². The average molecular weight is 368 g/mol. The van der Waals surface area contributed by atoms with Gasteiger partial charge in [0.1, 0.15) is 5.69 Å². The van der Waals surface area contributed by atoms with Crippen LogP contribution < -0.4 is 11.2 Å². The Bertz CT molecular complexity index is 1010. The van der Waals surface area contributed by atoms with Gasteiger partial charge in [0.2, 0.25) is 0 Å². The van der Waals surface area contributed by atoms with E-state index in [9.17, 15) is 22.8 Å². The largest absolute Gasteiger partial charge is 0.431 e. The summed E-state index contributed by atoms with van der Waals surface area (Å²) in [5, 5.41) is 4.81. The normalized spacial score (nSPS) is 11.5. The minimum Gasteiger partial charge on any atom is -0.303 e. The molecule has 0 amide bonds. The molecule has 1 N–H and O–H groups in total. The van der Waals surface area contributed by atoms with Gasteiger partial charge in [0.05, 0.1) is 11.2 Å². The molecule has 3 aromatic rings. The van der Waals surface area contributed by atoms with Gasteiger partial charge >= 0.3 is 11.9 Å². The molecular weight excluding hydrogens is 360 g/mol. The number of rotatable bonds is 1. The SMILES string of the molecule is Cn1nc(Cl)c2ccc(-n3c(=O)cc(C(F)(F)F)[nH]c3=O)cc21.[Na]. The number of nitrogens with one attached hydrogen (secondary N) is 1. The van der Waals surface area contributed by atoms with Crippen molar-refractivity contribution in [1.82, 2.24) is 19.3 Å². The molecule has 3 rings (SSSR count). The Balaban J connectivity index is 0.00000208. The Morgan fingerprint density at radius 1 is 1.21 bits per heavy atom. The summed E-state index contributed by atoms with van der Waals surface area (Å²) < 4.78 is 39.8. The number of benzene rings is 1. The molecule has 2 heterocycles. The van der Waals surface area contributed by atoms with Crippen molar-refractivity contribution in [2.24, 2.45) is 7.05 Å². The molecule has 0 atom stereocenters. The minimum atomic E-state index is -4.81. The van der Waals surface area contributed by atoms with Crippen molar-refractivity contribution in [3.8, 4) is 5.69 Å². The van der Waals surface area contributed by atoms with E-state index in [0.717, 1.165) is 0 Å². The number of H-pyrrole nitrogens is 1. The second-order valence-corrected chi connectivity index (χ2v) is 5.13. The zero-order valence-corrected chi connectivity index (χ0v) is 15.2. The van der Waals surface area contributed by atoms with Gasteiger partial charge in [-0.05, 0) is 18.2 Å². The molecule has 11 heteroatoms. The van der Waals surface area contributed by atoms with Gasteiger partial charge in [-0.3, -0.25) is 9.48 Å². The summed E-state index contributed by atoms with van der Waals surface area (Å²) >= 11 is 5.92. The molecule has 6 nitrogen and oxygen atoms in total.